The molecule has 3 fully saturated rings. The van der Waals surface area contributed by atoms with E-state index in [1.807, 2.05) is 4.90 Å². The lowest BCUT2D eigenvalue weighted by atomic mass is 9.96. The number of anilines is 1. The van der Waals surface area contributed by atoms with Crippen molar-refractivity contribution in [1.29, 1.82) is 0 Å². The van der Waals surface area contributed by atoms with Gasteiger partial charge < -0.3 is 25.4 Å². The minimum absolute atomic E-state index is 0.00734. The standard InChI is InChI=1S/C32H38ClF3N8O3/c33-26-16-23(5-6-25(26)31(47)43-13-11-42(12-14-43)30(46)21-7-9-37-10-8-21)40-29(45)28-38-17-24(39-28)15-22-19-44(18-20-3-1-2-4-20)41-27(22)32(34,35)36/h5-6,16-17,19-21,37H,1-4,7-15,18H2,(H,38,39)(H,40,45). The van der Waals surface area contributed by atoms with E-state index in [0.717, 1.165) is 51.6 Å². The van der Waals surface area contributed by atoms with Gasteiger partial charge in [-0.1, -0.05) is 24.4 Å². The third kappa shape index (κ3) is 7.81. The second-order valence-corrected chi connectivity index (χ2v) is 13.0. The molecule has 15 heteroatoms. The third-order valence-corrected chi connectivity index (χ3v) is 9.59. The molecule has 11 nitrogen and oxygen atoms in total. The predicted molar refractivity (Wildman–Crippen MR) is 168 cm³/mol. The van der Waals surface area contributed by atoms with E-state index in [-0.39, 0.29) is 46.1 Å². The van der Waals surface area contributed by atoms with E-state index in [2.05, 4.69) is 25.7 Å². The zero-order valence-corrected chi connectivity index (χ0v) is 26.7. The van der Waals surface area contributed by atoms with Crippen LogP contribution in [0, 0.1) is 11.8 Å². The highest BCUT2D eigenvalue weighted by Gasteiger charge is 2.37. The van der Waals surface area contributed by atoms with Gasteiger partial charge in [0.15, 0.2) is 11.5 Å². The van der Waals surface area contributed by atoms with Gasteiger partial charge in [0, 0.05) is 74.4 Å². The maximum absolute atomic E-state index is 13.8. The molecule has 0 atom stereocenters. The first-order valence-electron chi connectivity index (χ1n) is 16.1. The molecule has 1 aromatic carbocycles. The highest BCUT2D eigenvalue weighted by atomic mass is 35.5. The van der Waals surface area contributed by atoms with Crippen molar-refractivity contribution in [2.45, 2.75) is 57.7 Å². The van der Waals surface area contributed by atoms with Crippen LogP contribution in [0.25, 0.3) is 0 Å². The zero-order chi connectivity index (χ0) is 33.1. The summed E-state index contributed by atoms with van der Waals surface area (Å²) in [6.07, 6.45) is 3.82. The lowest BCUT2D eigenvalue weighted by molar-refractivity contribution is -0.142. The van der Waals surface area contributed by atoms with Crippen LogP contribution in [0.4, 0.5) is 18.9 Å². The van der Waals surface area contributed by atoms with E-state index in [4.69, 9.17) is 11.6 Å². The highest BCUT2D eigenvalue weighted by Crippen LogP contribution is 2.33. The molecule has 0 unspecified atom stereocenters. The van der Waals surface area contributed by atoms with Gasteiger partial charge in [-0.25, -0.2) is 4.98 Å². The van der Waals surface area contributed by atoms with E-state index < -0.39 is 17.8 Å². The van der Waals surface area contributed by atoms with Crippen LogP contribution in [0.2, 0.25) is 5.02 Å². The average Bonchev–Trinajstić information content (AvgIpc) is 3.83. The molecule has 2 aliphatic heterocycles. The van der Waals surface area contributed by atoms with Crippen LogP contribution >= 0.6 is 11.6 Å². The van der Waals surface area contributed by atoms with Gasteiger partial charge in [-0.3, -0.25) is 19.1 Å². The number of halogens is 4. The van der Waals surface area contributed by atoms with Gasteiger partial charge in [0.25, 0.3) is 11.8 Å². The molecule has 2 aromatic heterocycles. The number of H-pyrrole nitrogens is 1. The fourth-order valence-corrected chi connectivity index (χ4v) is 7.00. The third-order valence-electron chi connectivity index (χ3n) is 9.27. The molecule has 3 aliphatic rings. The summed E-state index contributed by atoms with van der Waals surface area (Å²) in [7, 11) is 0. The van der Waals surface area contributed by atoms with Crippen LogP contribution in [0.15, 0.2) is 30.6 Å². The van der Waals surface area contributed by atoms with Crippen molar-refractivity contribution in [3.8, 4) is 0 Å². The van der Waals surface area contributed by atoms with Crippen molar-refractivity contribution >= 4 is 35.0 Å². The van der Waals surface area contributed by atoms with Crippen molar-refractivity contribution in [3.63, 3.8) is 0 Å². The first-order valence-corrected chi connectivity index (χ1v) is 16.5. The number of hydrogen-bond donors (Lipinski definition) is 3. The number of carbonyl (C=O) groups excluding carboxylic acids is 3. The fraction of sp³-hybridized carbons (Fsp3) is 0.531. The number of nitrogens with one attached hydrogen (secondary N) is 3. The number of imidazole rings is 1. The Morgan fingerprint density at radius 2 is 1.70 bits per heavy atom. The number of hydrogen-bond acceptors (Lipinski definition) is 6. The molecule has 3 N–H and O–H groups in total. The van der Waals surface area contributed by atoms with E-state index in [1.54, 1.807) is 11.0 Å². The quantitative estimate of drug-likeness (QED) is 0.321. The SMILES string of the molecule is O=C(Nc1ccc(C(=O)N2CCN(C(=O)C3CCNCC3)CC2)c(Cl)c1)c1ncc(Cc2cn(CC3CCCC3)nc2C(F)(F)F)[nH]1. The normalized spacial score (nSPS) is 18.1. The number of piperazine rings is 1. The predicted octanol–water partition coefficient (Wildman–Crippen LogP) is 4.60. The number of piperidine rings is 1. The van der Waals surface area contributed by atoms with E-state index in [9.17, 15) is 27.6 Å². The molecular weight excluding hydrogens is 637 g/mol. The van der Waals surface area contributed by atoms with Gasteiger partial charge in [0.05, 0.1) is 10.6 Å². The molecule has 0 radical (unpaired) electrons. The minimum Gasteiger partial charge on any atom is -0.339 e. The van der Waals surface area contributed by atoms with Gasteiger partial charge in [-0.2, -0.15) is 18.3 Å². The number of aromatic amines is 1. The lowest BCUT2D eigenvalue weighted by Gasteiger charge is -2.37. The Kier molecular flexibility index (Phi) is 9.88. The van der Waals surface area contributed by atoms with Crippen LogP contribution in [0.1, 0.15) is 76.5 Å². The van der Waals surface area contributed by atoms with Gasteiger partial charge in [-0.15, -0.1) is 0 Å². The van der Waals surface area contributed by atoms with Crippen LogP contribution in [0.3, 0.4) is 0 Å². The van der Waals surface area contributed by atoms with Gasteiger partial charge in [-0.05, 0) is 62.9 Å². The molecule has 3 aromatic rings. The van der Waals surface area contributed by atoms with Crippen molar-refractivity contribution in [2.75, 3.05) is 44.6 Å². The lowest BCUT2D eigenvalue weighted by Crippen LogP contribution is -2.52. The number of amides is 3. The Morgan fingerprint density at radius 1 is 1.00 bits per heavy atom. The number of carbonyl (C=O) groups is 3. The van der Waals surface area contributed by atoms with Gasteiger partial charge >= 0.3 is 6.18 Å². The number of aromatic nitrogens is 4. The maximum atomic E-state index is 13.8. The molecule has 1 aliphatic carbocycles. The Bertz CT molecular complexity index is 1600. The first kappa shape index (κ1) is 33.0. The maximum Gasteiger partial charge on any atom is 0.435 e. The van der Waals surface area contributed by atoms with Crippen molar-refractivity contribution < 1.29 is 27.6 Å². The molecule has 6 rings (SSSR count). The summed E-state index contributed by atoms with van der Waals surface area (Å²) in [5.74, 6) is -0.459. The van der Waals surface area contributed by atoms with Crippen LogP contribution in [0.5, 0.6) is 0 Å². The largest absolute Gasteiger partial charge is 0.435 e. The summed E-state index contributed by atoms with van der Waals surface area (Å²) < 4.78 is 42.7. The number of benzene rings is 1. The number of rotatable bonds is 8. The summed E-state index contributed by atoms with van der Waals surface area (Å²) in [6, 6.07) is 4.54. The fourth-order valence-electron chi connectivity index (χ4n) is 6.74. The zero-order valence-electron chi connectivity index (χ0n) is 25.9. The molecule has 252 valence electrons. The summed E-state index contributed by atoms with van der Waals surface area (Å²) in [5.41, 5.74) is -0.00468. The molecular formula is C32H38ClF3N8O3. The average molecular weight is 675 g/mol. The Hall–Kier alpha value is -3.91. The van der Waals surface area contributed by atoms with Crippen LogP contribution in [-0.2, 0) is 23.9 Å². The Labute approximate surface area is 275 Å². The first-order chi connectivity index (χ1) is 22.5. The van der Waals surface area contributed by atoms with Crippen molar-refractivity contribution in [1.82, 2.24) is 34.9 Å². The summed E-state index contributed by atoms with van der Waals surface area (Å²) in [5, 5.41) is 9.92. The molecule has 0 spiro atoms. The Morgan fingerprint density at radius 3 is 2.38 bits per heavy atom. The smallest absolute Gasteiger partial charge is 0.339 e. The monoisotopic (exact) mass is 674 g/mol. The molecule has 0 bridgehead atoms. The molecule has 4 heterocycles. The minimum atomic E-state index is -4.61. The van der Waals surface area contributed by atoms with Gasteiger partial charge in [0.1, 0.15) is 0 Å². The van der Waals surface area contributed by atoms with E-state index in [1.165, 1.54) is 29.2 Å². The molecule has 1 saturated carbocycles. The van der Waals surface area contributed by atoms with E-state index >= 15 is 0 Å². The van der Waals surface area contributed by atoms with E-state index in [0.29, 0.717) is 50.0 Å². The van der Waals surface area contributed by atoms with Crippen molar-refractivity contribution in [3.05, 3.63) is 64.0 Å². The molecule has 47 heavy (non-hydrogen) atoms. The summed E-state index contributed by atoms with van der Waals surface area (Å²) >= 11 is 6.46. The second-order valence-electron chi connectivity index (χ2n) is 12.6. The number of nitrogens with zero attached hydrogens (tertiary/aromatic N) is 5. The number of alkyl halides is 3. The Balaban J connectivity index is 1.04. The van der Waals surface area contributed by atoms with Gasteiger partial charge in [0.2, 0.25) is 5.91 Å². The highest BCUT2D eigenvalue weighted by molar-refractivity contribution is 6.34. The van der Waals surface area contributed by atoms with Crippen LogP contribution < -0.4 is 10.6 Å². The summed E-state index contributed by atoms with van der Waals surface area (Å²) in [4.78, 5) is 49.4. The molecule has 2 saturated heterocycles. The molecule has 3 amide bonds. The topological polar surface area (TPSA) is 128 Å². The van der Waals surface area contributed by atoms with Crippen LogP contribution in [-0.4, -0.2) is 86.5 Å². The van der Waals surface area contributed by atoms with Crippen molar-refractivity contribution in [2.24, 2.45) is 11.8 Å². The second kappa shape index (κ2) is 14.1. The summed E-state index contributed by atoms with van der Waals surface area (Å²) in [6.45, 7) is 3.85.